The Kier molecular flexibility index (Phi) is 6.28. The van der Waals surface area contributed by atoms with E-state index in [0.29, 0.717) is 40.3 Å². The van der Waals surface area contributed by atoms with E-state index in [0.717, 1.165) is 24.9 Å². The lowest BCUT2D eigenvalue weighted by molar-refractivity contribution is -0.134. The molecule has 1 saturated heterocycles. The van der Waals surface area contributed by atoms with E-state index in [2.05, 4.69) is 15.1 Å². The Balaban J connectivity index is 1.39. The molecule has 1 saturated carbocycles. The van der Waals surface area contributed by atoms with Gasteiger partial charge in [0.25, 0.3) is 5.22 Å². The molecular weight excluding hydrogens is 390 g/mol. The van der Waals surface area contributed by atoms with E-state index in [1.165, 1.54) is 37.4 Å². The summed E-state index contributed by atoms with van der Waals surface area (Å²) in [7, 11) is 3.17. The van der Waals surface area contributed by atoms with Crippen molar-refractivity contribution >= 4 is 17.7 Å². The summed E-state index contributed by atoms with van der Waals surface area (Å²) in [5.41, 5.74) is 0.745. The third-order valence-electron chi connectivity index (χ3n) is 5.92. The second kappa shape index (κ2) is 9.07. The highest BCUT2D eigenvalue weighted by Gasteiger charge is 2.35. The molecule has 1 aromatic heterocycles. The molecule has 0 bridgehead atoms. The van der Waals surface area contributed by atoms with Gasteiger partial charge >= 0.3 is 0 Å². The Bertz CT molecular complexity index is 854. The molecule has 2 aromatic rings. The van der Waals surface area contributed by atoms with E-state index in [1.54, 1.807) is 26.4 Å². The van der Waals surface area contributed by atoms with E-state index >= 15 is 0 Å². The van der Waals surface area contributed by atoms with E-state index in [-0.39, 0.29) is 5.91 Å². The van der Waals surface area contributed by atoms with Gasteiger partial charge in [-0.2, -0.15) is 0 Å². The summed E-state index contributed by atoms with van der Waals surface area (Å²) < 4.78 is 16.3. The van der Waals surface area contributed by atoms with Crippen LogP contribution in [0, 0.1) is 5.92 Å². The minimum absolute atomic E-state index is 0.178. The minimum atomic E-state index is 0.178. The summed E-state index contributed by atoms with van der Waals surface area (Å²) in [6.45, 7) is 0.876. The van der Waals surface area contributed by atoms with Crippen molar-refractivity contribution in [2.24, 2.45) is 5.92 Å². The number of amides is 1. The Hall–Kier alpha value is -2.22. The molecule has 1 aliphatic carbocycles. The van der Waals surface area contributed by atoms with Crippen LogP contribution in [0.4, 0.5) is 0 Å². The second-order valence-electron chi connectivity index (χ2n) is 7.57. The van der Waals surface area contributed by atoms with Crippen molar-refractivity contribution in [2.75, 3.05) is 26.5 Å². The Morgan fingerprint density at radius 2 is 1.93 bits per heavy atom. The molecule has 0 N–H and O–H groups in total. The molecule has 2 atom stereocenters. The number of carbonyl (C=O) groups is 1. The van der Waals surface area contributed by atoms with Crippen molar-refractivity contribution in [1.29, 1.82) is 0 Å². The quantitative estimate of drug-likeness (QED) is 0.657. The van der Waals surface area contributed by atoms with Crippen LogP contribution in [0.25, 0.3) is 11.5 Å². The molecule has 0 spiro atoms. The third-order valence-corrected chi connectivity index (χ3v) is 6.72. The maximum absolute atomic E-state index is 12.8. The standard InChI is InChI=1S/C21H27N3O4S/c1-26-17-10-9-15(12-18(17)27-2)20-22-23-21(28-20)29-13-19(25)24-11-5-7-14-6-3-4-8-16(14)24/h9-10,12,14,16H,3-8,11,13H2,1-2H3/t14-,16-/m1/s1. The first kappa shape index (κ1) is 20.1. The Morgan fingerprint density at radius 1 is 1.14 bits per heavy atom. The van der Waals surface area contributed by atoms with E-state index in [9.17, 15) is 4.79 Å². The summed E-state index contributed by atoms with van der Waals surface area (Å²) in [6, 6.07) is 5.86. The van der Waals surface area contributed by atoms with Crippen LogP contribution >= 0.6 is 11.8 Å². The van der Waals surface area contributed by atoms with Crippen LogP contribution in [0.15, 0.2) is 27.8 Å². The van der Waals surface area contributed by atoms with Gasteiger partial charge in [0.15, 0.2) is 11.5 Å². The average molecular weight is 418 g/mol. The molecule has 29 heavy (non-hydrogen) atoms. The van der Waals surface area contributed by atoms with Crippen LogP contribution in [-0.4, -0.2) is 53.6 Å². The molecule has 1 aliphatic heterocycles. The highest BCUT2D eigenvalue weighted by molar-refractivity contribution is 7.99. The van der Waals surface area contributed by atoms with E-state index in [4.69, 9.17) is 13.9 Å². The van der Waals surface area contributed by atoms with Gasteiger partial charge in [0, 0.05) is 18.2 Å². The Morgan fingerprint density at radius 3 is 2.76 bits per heavy atom. The highest BCUT2D eigenvalue weighted by Crippen LogP contribution is 2.36. The lowest BCUT2D eigenvalue weighted by atomic mass is 9.78. The van der Waals surface area contributed by atoms with Crippen molar-refractivity contribution in [3.8, 4) is 23.0 Å². The zero-order valence-electron chi connectivity index (χ0n) is 16.9. The topological polar surface area (TPSA) is 77.7 Å². The zero-order valence-corrected chi connectivity index (χ0v) is 17.7. The molecule has 0 radical (unpaired) electrons. The van der Waals surface area contributed by atoms with Crippen molar-refractivity contribution in [1.82, 2.24) is 15.1 Å². The molecule has 2 aliphatic rings. The summed E-state index contributed by atoms with van der Waals surface area (Å²) in [4.78, 5) is 14.9. The number of methoxy groups -OCH3 is 2. The fourth-order valence-corrected chi connectivity index (χ4v) is 5.14. The summed E-state index contributed by atoms with van der Waals surface area (Å²) in [5.74, 6) is 2.82. The molecule has 4 rings (SSSR count). The summed E-state index contributed by atoms with van der Waals surface area (Å²) >= 11 is 1.31. The van der Waals surface area contributed by atoms with E-state index in [1.807, 2.05) is 6.07 Å². The van der Waals surface area contributed by atoms with Crippen LogP contribution in [-0.2, 0) is 4.79 Å². The molecule has 2 heterocycles. The first-order valence-corrected chi connectivity index (χ1v) is 11.2. The monoisotopic (exact) mass is 417 g/mol. The summed E-state index contributed by atoms with van der Waals surface area (Å²) in [5, 5.41) is 8.61. The van der Waals surface area contributed by atoms with Gasteiger partial charge in [-0.3, -0.25) is 4.79 Å². The first-order valence-electron chi connectivity index (χ1n) is 10.2. The number of carbonyl (C=O) groups excluding carboxylic acids is 1. The number of benzene rings is 1. The molecule has 8 heteroatoms. The third kappa shape index (κ3) is 4.37. The van der Waals surface area contributed by atoms with Crippen LogP contribution in [0.1, 0.15) is 38.5 Å². The molecule has 2 fully saturated rings. The average Bonchev–Trinajstić information content (AvgIpc) is 3.25. The highest BCUT2D eigenvalue weighted by atomic mass is 32.2. The number of rotatable bonds is 6. The van der Waals surface area contributed by atoms with Gasteiger partial charge in [-0.1, -0.05) is 24.6 Å². The maximum Gasteiger partial charge on any atom is 0.277 e. The normalized spacial score (nSPS) is 21.5. The fourth-order valence-electron chi connectivity index (χ4n) is 4.49. The molecular formula is C21H27N3O4S. The lowest BCUT2D eigenvalue weighted by Crippen LogP contribution is -2.50. The molecule has 1 amide bonds. The van der Waals surface area contributed by atoms with Gasteiger partial charge in [0.1, 0.15) is 0 Å². The van der Waals surface area contributed by atoms with Gasteiger partial charge in [0.05, 0.1) is 20.0 Å². The predicted molar refractivity (Wildman–Crippen MR) is 110 cm³/mol. The Labute approximate surface area is 175 Å². The van der Waals surface area contributed by atoms with Crippen LogP contribution in [0.5, 0.6) is 11.5 Å². The molecule has 0 unspecified atom stereocenters. The number of ether oxygens (including phenoxy) is 2. The van der Waals surface area contributed by atoms with Gasteiger partial charge in [-0.25, -0.2) is 0 Å². The number of likely N-dealkylation sites (tertiary alicyclic amines) is 1. The number of thioether (sulfide) groups is 1. The molecule has 7 nitrogen and oxygen atoms in total. The minimum Gasteiger partial charge on any atom is -0.493 e. The maximum atomic E-state index is 12.8. The van der Waals surface area contributed by atoms with Crippen molar-refractivity contribution < 1.29 is 18.7 Å². The fraction of sp³-hybridized carbons (Fsp3) is 0.571. The second-order valence-corrected chi connectivity index (χ2v) is 8.50. The number of nitrogens with zero attached hydrogens (tertiary/aromatic N) is 3. The number of hydrogen-bond donors (Lipinski definition) is 0. The molecule has 1 aromatic carbocycles. The first-order chi connectivity index (χ1) is 14.2. The lowest BCUT2D eigenvalue weighted by Gasteiger charge is -2.44. The SMILES string of the molecule is COc1ccc(-c2nnc(SCC(=O)N3CCC[C@H]4CCCC[C@H]43)o2)cc1OC. The van der Waals surface area contributed by atoms with Crippen LogP contribution in [0.2, 0.25) is 0 Å². The van der Waals surface area contributed by atoms with Crippen LogP contribution in [0.3, 0.4) is 0 Å². The van der Waals surface area contributed by atoms with Gasteiger partial charge in [0.2, 0.25) is 11.8 Å². The van der Waals surface area contributed by atoms with Crippen molar-refractivity contribution in [3.63, 3.8) is 0 Å². The number of piperidine rings is 1. The zero-order chi connectivity index (χ0) is 20.2. The predicted octanol–water partition coefficient (Wildman–Crippen LogP) is 4.03. The molecule has 156 valence electrons. The largest absolute Gasteiger partial charge is 0.493 e. The summed E-state index contributed by atoms with van der Waals surface area (Å²) in [6.07, 6.45) is 7.32. The van der Waals surface area contributed by atoms with E-state index < -0.39 is 0 Å². The van der Waals surface area contributed by atoms with Gasteiger partial charge in [-0.05, 0) is 49.8 Å². The van der Waals surface area contributed by atoms with Crippen molar-refractivity contribution in [2.45, 2.75) is 49.8 Å². The number of aromatic nitrogens is 2. The number of hydrogen-bond acceptors (Lipinski definition) is 7. The van der Waals surface area contributed by atoms with Crippen molar-refractivity contribution in [3.05, 3.63) is 18.2 Å². The smallest absolute Gasteiger partial charge is 0.277 e. The van der Waals surface area contributed by atoms with Gasteiger partial charge in [-0.15, -0.1) is 10.2 Å². The van der Waals surface area contributed by atoms with Crippen LogP contribution < -0.4 is 9.47 Å². The van der Waals surface area contributed by atoms with Gasteiger partial charge < -0.3 is 18.8 Å². The number of fused-ring (bicyclic) bond motifs is 1.